The number of aromatic nitrogens is 3. The molecule has 0 unspecified atom stereocenters. The summed E-state index contributed by atoms with van der Waals surface area (Å²) >= 11 is 3.34. The van der Waals surface area contributed by atoms with Gasteiger partial charge >= 0.3 is 0 Å². The first-order valence-corrected chi connectivity index (χ1v) is 5.97. The first-order valence-electron chi connectivity index (χ1n) is 5.18. The summed E-state index contributed by atoms with van der Waals surface area (Å²) in [6.45, 7) is 3.66. The first kappa shape index (κ1) is 12.0. The molecule has 17 heavy (non-hydrogen) atoms. The van der Waals surface area contributed by atoms with Crippen LogP contribution in [-0.4, -0.2) is 21.0 Å². The van der Waals surface area contributed by atoms with Gasteiger partial charge in [-0.25, -0.2) is 4.98 Å². The van der Waals surface area contributed by atoms with E-state index >= 15 is 0 Å². The first-order chi connectivity index (χ1) is 8.01. The molecular formula is C12H12BrN3O. The molecule has 0 bridgehead atoms. The van der Waals surface area contributed by atoms with E-state index in [4.69, 9.17) is 0 Å². The molecule has 0 radical (unpaired) electrons. The lowest BCUT2D eigenvalue weighted by molar-refractivity contribution is 0.0903. The zero-order valence-electron chi connectivity index (χ0n) is 9.57. The number of Topliss-reactive ketones (excluding diaryl/α,β-unsaturated/α-hetero) is 1. The zero-order valence-corrected chi connectivity index (χ0v) is 11.2. The Morgan fingerprint density at radius 3 is 2.47 bits per heavy atom. The molecule has 0 spiro atoms. The van der Waals surface area contributed by atoms with E-state index < -0.39 is 5.41 Å². The van der Waals surface area contributed by atoms with E-state index in [0.717, 1.165) is 4.47 Å². The Labute approximate surface area is 108 Å². The molecule has 1 N–H and O–H groups in total. The predicted molar refractivity (Wildman–Crippen MR) is 67.9 cm³/mol. The Bertz CT molecular complexity index is 517. The Morgan fingerprint density at radius 1 is 1.29 bits per heavy atom. The van der Waals surface area contributed by atoms with Crippen LogP contribution >= 0.6 is 15.9 Å². The van der Waals surface area contributed by atoms with Gasteiger partial charge in [0.25, 0.3) is 0 Å². The molecule has 0 aliphatic heterocycles. The Kier molecular flexibility index (Phi) is 3.11. The molecular weight excluding hydrogens is 282 g/mol. The summed E-state index contributed by atoms with van der Waals surface area (Å²) in [5.74, 6) is 0.590. The molecule has 0 atom stereocenters. The molecule has 0 amide bonds. The van der Waals surface area contributed by atoms with Gasteiger partial charge in [-0.1, -0.05) is 28.1 Å². The number of rotatable bonds is 3. The summed E-state index contributed by atoms with van der Waals surface area (Å²) in [7, 11) is 0. The maximum absolute atomic E-state index is 12.4. The smallest absolute Gasteiger partial charge is 0.176 e. The van der Waals surface area contributed by atoms with Crippen molar-refractivity contribution < 1.29 is 4.79 Å². The SMILES string of the molecule is CC(C)(C(=O)c1ccc(Br)cc1)c1ncn[nH]1. The van der Waals surface area contributed by atoms with Gasteiger partial charge in [-0.15, -0.1) is 0 Å². The van der Waals surface area contributed by atoms with E-state index in [-0.39, 0.29) is 5.78 Å². The van der Waals surface area contributed by atoms with Crippen molar-refractivity contribution in [2.75, 3.05) is 0 Å². The highest BCUT2D eigenvalue weighted by Crippen LogP contribution is 2.25. The number of nitrogens with zero attached hydrogens (tertiary/aromatic N) is 2. The number of carbonyl (C=O) groups is 1. The summed E-state index contributed by atoms with van der Waals surface area (Å²) in [4.78, 5) is 16.4. The van der Waals surface area contributed by atoms with Gasteiger partial charge in [-0.3, -0.25) is 9.89 Å². The second kappa shape index (κ2) is 4.41. The molecule has 5 heteroatoms. The zero-order chi connectivity index (χ0) is 12.5. The molecule has 0 fully saturated rings. The lowest BCUT2D eigenvalue weighted by Gasteiger charge is -2.19. The molecule has 1 heterocycles. The van der Waals surface area contributed by atoms with Crippen LogP contribution in [0.25, 0.3) is 0 Å². The predicted octanol–water partition coefficient (Wildman–Crippen LogP) is 2.73. The third-order valence-corrected chi connectivity index (χ3v) is 3.21. The molecule has 0 aliphatic rings. The molecule has 0 aliphatic carbocycles. The van der Waals surface area contributed by atoms with Crippen molar-refractivity contribution in [3.05, 3.63) is 46.5 Å². The molecule has 88 valence electrons. The maximum Gasteiger partial charge on any atom is 0.176 e. The minimum atomic E-state index is -0.704. The fourth-order valence-corrected chi connectivity index (χ4v) is 1.84. The van der Waals surface area contributed by atoms with Gasteiger partial charge in [0.15, 0.2) is 5.78 Å². The topological polar surface area (TPSA) is 58.6 Å². The third kappa shape index (κ3) is 2.29. The van der Waals surface area contributed by atoms with Gasteiger partial charge in [-0.05, 0) is 26.0 Å². The highest BCUT2D eigenvalue weighted by atomic mass is 79.9. The highest BCUT2D eigenvalue weighted by molar-refractivity contribution is 9.10. The van der Waals surface area contributed by atoms with Crippen LogP contribution in [0, 0.1) is 0 Å². The van der Waals surface area contributed by atoms with Gasteiger partial charge in [0.2, 0.25) is 0 Å². The largest absolute Gasteiger partial charge is 0.293 e. The average Bonchev–Trinajstić information content (AvgIpc) is 2.83. The summed E-state index contributed by atoms with van der Waals surface area (Å²) in [5, 5.41) is 6.53. The Hall–Kier alpha value is -1.49. The van der Waals surface area contributed by atoms with Crippen LogP contribution < -0.4 is 0 Å². The van der Waals surface area contributed by atoms with Crippen LogP contribution in [0.2, 0.25) is 0 Å². The fourth-order valence-electron chi connectivity index (χ4n) is 1.58. The second-order valence-electron chi connectivity index (χ2n) is 4.30. The van der Waals surface area contributed by atoms with Crippen LogP contribution in [0.5, 0.6) is 0 Å². The molecule has 1 aromatic heterocycles. The quantitative estimate of drug-likeness (QED) is 0.885. The average molecular weight is 294 g/mol. The Balaban J connectivity index is 2.34. The number of ketones is 1. The van der Waals surface area contributed by atoms with Crippen LogP contribution in [-0.2, 0) is 5.41 Å². The van der Waals surface area contributed by atoms with E-state index in [1.165, 1.54) is 6.33 Å². The number of carbonyl (C=O) groups excluding carboxylic acids is 1. The normalized spacial score (nSPS) is 11.5. The number of H-pyrrole nitrogens is 1. The van der Waals surface area contributed by atoms with Crippen LogP contribution in [0.1, 0.15) is 30.0 Å². The summed E-state index contributed by atoms with van der Waals surface area (Å²) in [5.41, 5.74) is -0.0424. The van der Waals surface area contributed by atoms with Crippen molar-refractivity contribution >= 4 is 21.7 Å². The maximum atomic E-state index is 12.4. The number of hydrogen-bond donors (Lipinski definition) is 1. The van der Waals surface area contributed by atoms with Crippen molar-refractivity contribution in [3.8, 4) is 0 Å². The van der Waals surface area contributed by atoms with Crippen molar-refractivity contribution in [3.63, 3.8) is 0 Å². The van der Waals surface area contributed by atoms with E-state index in [1.807, 2.05) is 26.0 Å². The van der Waals surface area contributed by atoms with Crippen molar-refractivity contribution in [2.24, 2.45) is 0 Å². The summed E-state index contributed by atoms with van der Waals surface area (Å²) in [6.07, 6.45) is 1.41. The standard InChI is InChI=1S/C12H12BrN3O/c1-12(2,11-14-7-15-16-11)10(17)8-3-5-9(13)6-4-8/h3-7H,1-2H3,(H,14,15,16). The van der Waals surface area contributed by atoms with Gasteiger partial charge in [0, 0.05) is 10.0 Å². The Morgan fingerprint density at radius 2 is 1.94 bits per heavy atom. The number of halogens is 1. The van der Waals surface area contributed by atoms with Crippen molar-refractivity contribution in [2.45, 2.75) is 19.3 Å². The molecule has 1 aromatic carbocycles. The summed E-state index contributed by atoms with van der Waals surface area (Å²) < 4.78 is 0.950. The van der Waals surface area contributed by atoms with E-state index in [2.05, 4.69) is 31.1 Å². The second-order valence-corrected chi connectivity index (χ2v) is 5.21. The monoisotopic (exact) mass is 293 g/mol. The van der Waals surface area contributed by atoms with Gasteiger partial charge in [0.05, 0.1) is 5.41 Å². The molecule has 0 saturated carbocycles. The number of benzene rings is 1. The molecule has 0 saturated heterocycles. The lowest BCUT2D eigenvalue weighted by atomic mass is 9.83. The lowest BCUT2D eigenvalue weighted by Crippen LogP contribution is -2.30. The van der Waals surface area contributed by atoms with Crippen LogP contribution in [0.4, 0.5) is 0 Å². The van der Waals surface area contributed by atoms with Crippen molar-refractivity contribution in [1.82, 2.24) is 15.2 Å². The van der Waals surface area contributed by atoms with E-state index in [1.54, 1.807) is 12.1 Å². The minimum Gasteiger partial charge on any atom is -0.293 e. The number of aromatic amines is 1. The van der Waals surface area contributed by atoms with Gasteiger partial charge in [0.1, 0.15) is 12.2 Å². The molecule has 4 nitrogen and oxygen atoms in total. The molecule has 2 rings (SSSR count). The van der Waals surface area contributed by atoms with Crippen LogP contribution in [0.15, 0.2) is 35.1 Å². The van der Waals surface area contributed by atoms with Gasteiger partial charge in [-0.2, -0.15) is 5.10 Å². The van der Waals surface area contributed by atoms with Gasteiger partial charge < -0.3 is 0 Å². The fraction of sp³-hybridized carbons (Fsp3) is 0.250. The van der Waals surface area contributed by atoms with E-state index in [9.17, 15) is 4.79 Å². The van der Waals surface area contributed by atoms with E-state index in [0.29, 0.717) is 11.4 Å². The summed E-state index contributed by atoms with van der Waals surface area (Å²) in [6, 6.07) is 7.29. The minimum absolute atomic E-state index is 0.0155. The number of hydrogen-bond acceptors (Lipinski definition) is 3. The highest BCUT2D eigenvalue weighted by Gasteiger charge is 2.33. The third-order valence-electron chi connectivity index (χ3n) is 2.68. The number of nitrogens with one attached hydrogen (secondary N) is 1. The van der Waals surface area contributed by atoms with Crippen molar-refractivity contribution in [1.29, 1.82) is 0 Å². The van der Waals surface area contributed by atoms with Crippen LogP contribution in [0.3, 0.4) is 0 Å². The molecule has 2 aromatic rings.